The van der Waals surface area contributed by atoms with E-state index in [1.165, 1.54) is 6.20 Å². The molecule has 1 amide bonds. The molecule has 0 spiro atoms. The molecule has 0 saturated carbocycles. The Morgan fingerprint density at radius 3 is 2.76 bits per heavy atom. The standard InChI is InChI=1S/C26H33N7O4/c1-16-14-32(15-17(2)37-16)10-4-12-36-20-7-6-19-22(23(20)35-3)30-26(33-11-9-28-24(19)33)31-25(34)18-5-8-21(27)29-13-18/h5-8,13,16-17H,4,9-12,14-15H2,1-3H3,(H2,27,29)(H,30,31,34)/t16-,17+. The van der Waals surface area contributed by atoms with E-state index in [9.17, 15) is 4.79 Å². The zero-order valence-corrected chi connectivity index (χ0v) is 21.4. The number of aromatic nitrogens is 1. The lowest BCUT2D eigenvalue weighted by molar-refractivity contribution is -0.0686. The third-order valence-corrected chi connectivity index (χ3v) is 6.50. The van der Waals surface area contributed by atoms with Crippen molar-refractivity contribution in [2.75, 3.05) is 52.2 Å². The molecule has 1 fully saturated rings. The van der Waals surface area contributed by atoms with Crippen molar-refractivity contribution in [3.63, 3.8) is 0 Å². The number of methoxy groups -OCH3 is 1. The molecule has 0 bridgehead atoms. The largest absolute Gasteiger partial charge is 0.491 e. The number of morpholine rings is 1. The number of nitrogens with one attached hydrogen (secondary N) is 1. The van der Waals surface area contributed by atoms with Crippen molar-refractivity contribution in [1.82, 2.24) is 20.1 Å². The third kappa shape index (κ3) is 5.37. The smallest absolute Gasteiger partial charge is 0.259 e. The van der Waals surface area contributed by atoms with E-state index in [1.54, 1.807) is 19.2 Å². The number of nitrogens with zero attached hydrogens (tertiary/aromatic N) is 5. The molecule has 11 heteroatoms. The summed E-state index contributed by atoms with van der Waals surface area (Å²) in [6, 6.07) is 7.05. The fourth-order valence-corrected chi connectivity index (χ4v) is 4.95. The predicted octanol–water partition coefficient (Wildman–Crippen LogP) is 2.04. The molecule has 2 aromatic rings. The van der Waals surface area contributed by atoms with E-state index in [0.717, 1.165) is 37.5 Å². The van der Waals surface area contributed by atoms with E-state index < -0.39 is 0 Å². The highest BCUT2D eigenvalue weighted by Crippen LogP contribution is 2.43. The van der Waals surface area contributed by atoms with E-state index in [4.69, 9.17) is 24.9 Å². The summed E-state index contributed by atoms with van der Waals surface area (Å²) in [5.41, 5.74) is 7.45. The SMILES string of the molecule is COc1c(OCCCN2C[C@@H](C)O[C@@H](C)C2)ccc2c1N=C(NC(=O)c1ccc(N)nc1)N1CCN=C21. The number of rotatable bonds is 7. The number of hydrogen-bond donors (Lipinski definition) is 2. The molecule has 37 heavy (non-hydrogen) atoms. The number of carbonyl (C=O) groups is 1. The molecule has 0 unspecified atom stereocenters. The Morgan fingerprint density at radius 1 is 1.22 bits per heavy atom. The number of hydrogen-bond acceptors (Lipinski definition) is 10. The van der Waals surface area contributed by atoms with Gasteiger partial charge in [-0.3, -0.25) is 24.9 Å². The first-order chi connectivity index (χ1) is 17.9. The van der Waals surface area contributed by atoms with Crippen molar-refractivity contribution >= 4 is 29.2 Å². The first kappa shape index (κ1) is 25.0. The van der Waals surface area contributed by atoms with Crippen molar-refractivity contribution in [3.05, 3.63) is 41.6 Å². The molecule has 5 rings (SSSR count). The van der Waals surface area contributed by atoms with Gasteiger partial charge in [0.15, 0.2) is 11.5 Å². The molecule has 3 aliphatic heterocycles. The minimum atomic E-state index is -0.334. The molecule has 2 atom stereocenters. The van der Waals surface area contributed by atoms with Gasteiger partial charge >= 0.3 is 0 Å². The molecule has 1 aromatic heterocycles. The average Bonchev–Trinajstić information content (AvgIpc) is 3.37. The van der Waals surface area contributed by atoms with Gasteiger partial charge in [-0.25, -0.2) is 9.98 Å². The normalized spacial score (nSPS) is 21.0. The maximum absolute atomic E-state index is 12.9. The predicted molar refractivity (Wildman–Crippen MR) is 141 cm³/mol. The number of nitrogens with two attached hydrogens (primary N) is 1. The molecular weight excluding hydrogens is 474 g/mol. The van der Waals surface area contributed by atoms with Crippen molar-refractivity contribution in [1.29, 1.82) is 0 Å². The van der Waals surface area contributed by atoms with Crippen LogP contribution in [0.1, 0.15) is 36.2 Å². The van der Waals surface area contributed by atoms with Gasteiger partial charge in [0.2, 0.25) is 5.96 Å². The maximum Gasteiger partial charge on any atom is 0.259 e. The van der Waals surface area contributed by atoms with E-state index in [2.05, 4.69) is 34.0 Å². The first-order valence-electron chi connectivity index (χ1n) is 12.6. The lowest BCUT2D eigenvalue weighted by Gasteiger charge is -2.35. The summed E-state index contributed by atoms with van der Waals surface area (Å²) in [5, 5.41) is 2.90. The van der Waals surface area contributed by atoms with Crippen molar-refractivity contribution < 1.29 is 19.0 Å². The second kappa shape index (κ2) is 10.7. The van der Waals surface area contributed by atoms with Crippen LogP contribution in [0.2, 0.25) is 0 Å². The Morgan fingerprint density at radius 2 is 2.03 bits per heavy atom. The molecule has 0 aliphatic carbocycles. The number of nitrogen functional groups attached to an aromatic ring is 1. The maximum atomic E-state index is 12.9. The number of guanidine groups is 1. The van der Waals surface area contributed by atoms with Crippen LogP contribution in [0, 0.1) is 0 Å². The average molecular weight is 508 g/mol. The molecular formula is C26H33N7O4. The third-order valence-electron chi connectivity index (χ3n) is 6.50. The zero-order valence-electron chi connectivity index (χ0n) is 21.4. The van der Waals surface area contributed by atoms with Crippen molar-refractivity contribution in [2.45, 2.75) is 32.5 Å². The van der Waals surface area contributed by atoms with Crippen LogP contribution in [-0.4, -0.2) is 91.1 Å². The Bertz CT molecular complexity index is 1200. The molecule has 196 valence electrons. The van der Waals surface area contributed by atoms with Gasteiger partial charge in [0.05, 0.1) is 38.0 Å². The Labute approximate surface area is 216 Å². The topological polar surface area (TPSA) is 127 Å². The zero-order chi connectivity index (χ0) is 25.9. The summed E-state index contributed by atoms with van der Waals surface area (Å²) in [4.78, 5) is 30.6. The number of carbonyl (C=O) groups excluding carboxylic acids is 1. The minimum absolute atomic E-state index is 0.243. The Balaban J connectivity index is 1.32. The second-order valence-corrected chi connectivity index (χ2v) is 9.43. The molecule has 4 heterocycles. The van der Waals surface area contributed by atoms with Crippen LogP contribution in [0.3, 0.4) is 0 Å². The summed E-state index contributed by atoms with van der Waals surface area (Å²) >= 11 is 0. The number of aliphatic imine (C=N–C) groups is 2. The van der Waals surface area contributed by atoms with Gasteiger partial charge < -0.3 is 19.9 Å². The van der Waals surface area contributed by atoms with Crippen LogP contribution in [0.4, 0.5) is 11.5 Å². The summed E-state index contributed by atoms with van der Waals surface area (Å²) in [7, 11) is 1.59. The second-order valence-electron chi connectivity index (χ2n) is 9.43. The number of amides is 1. The lowest BCUT2D eigenvalue weighted by atomic mass is 10.1. The highest BCUT2D eigenvalue weighted by atomic mass is 16.5. The van der Waals surface area contributed by atoms with Gasteiger partial charge in [0.1, 0.15) is 17.3 Å². The number of anilines is 1. The van der Waals surface area contributed by atoms with Gasteiger partial charge in [0, 0.05) is 37.9 Å². The fourth-order valence-electron chi connectivity index (χ4n) is 4.95. The summed E-state index contributed by atoms with van der Waals surface area (Å²) in [6.07, 6.45) is 2.80. The van der Waals surface area contributed by atoms with E-state index in [-0.39, 0.29) is 18.1 Å². The monoisotopic (exact) mass is 507 g/mol. The van der Waals surface area contributed by atoms with E-state index >= 15 is 0 Å². The molecule has 1 aromatic carbocycles. The number of ether oxygens (including phenoxy) is 3. The van der Waals surface area contributed by atoms with E-state index in [0.29, 0.717) is 54.2 Å². The van der Waals surface area contributed by atoms with Crippen molar-refractivity contribution in [2.24, 2.45) is 9.98 Å². The van der Waals surface area contributed by atoms with Gasteiger partial charge in [-0.1, -0.05) is 0 Å². The summed E-state index contributed by atoms with van der Waals surface area (Å²) in [6.45, 7) is 8.78. The number of amidine groups is 1. The van der Waals surface area contributed by atoms with Crippen LogP contribution >= 0.6 is 0 Å². The molecule has 11 nitrogen and oxygen atoms in total. The lowest BCUT2D eigenvalue weighted by Crippen LogP contribution is -2.47. The molecule has 1 saturated heterocycles. The Kier molecular flexibility index (Phi) is 7.24. The first-order valence-corrected chi connectivity index (χ1v) is 12.6. The van der Waals surface area contributed by atoms with Crippen molar-refractivity contribution in [3.8, 4) is 11.5 Å². The Hall–Kier alpha value is -3.70. The molecule has 3 N–H and O–H groups in total. The van der Waals surface area contributed by atoms with Crippen LogP contribution < -0.4 is 20.5 Å². The fraction of sp³-hybridized carbons (Fsp3) is 0.462. The van der Waals surface area contributed by atoms with E-state index in [1.807, 2.05) is 17.0 Å². The number of benzene rings is 1. The molecule has 0 radical (unpaired) electrons. The highest BCUT2D eigenvalue weighted by Gasteiger charge is 2.33. The van der Waals surface area contributed by atoms with Gasteiger partial charge in [-0.2, -0.15) is 0 Å². The highest BCUT2D eigenvalue weighted by molar-refractivity contribution is 6.20. The van der Waals surface area contributed by atoms with Crippen LogP contribution in [-0.2, 0) is 4.74 Å². The quantitative estimate of drug-likeness (QED) is 0.545. The number of fused-ring (bicyclic) bond motifs is 3. The van der Waals surface area contributed by atoms with Crippen LogP contribution in [0.5, 0.6) is 11.5 Å². The number of pyridine rings is 1. The van der Waals surface area contributed by atoms with Crippen LogP contribution in [0.25, 0.3) is 0 Å². The summed E-state index contributed by atoms with van der Waals surface area (Å²) < 4.78 is 17.7. The van der Waals surface area contributed by atoms with Gasteiger partial charge in [-0.15, -0.1) is 0 Å². The molecule has 3 aliphatic rings. The van der Waals surface area contributed by atoms with Gasteiger partial charge in [-0.05, 0) is 44.5 Å². The summed E-state index contributed by atoms with van der Waals surface area (Å²) in [5.74, 6) is 2.27. The van der Waals surface area contributed by atoms with Crippen LogP contribution in [0.15, 0.2) is 40.4 Å². The minimum Gasteiger partial charge on any atom is -0.491 e. The van der Waals surface area contributed by atoms with Gasteiger partial charge in [0.25, 0.3) is 5.91 Å².